The second-order valence-corrected chi connectivity index (χ2v) is 7.27. The zero-order valence-corrected chi connectivity index (χ0v) is 20.1. The van der Waals surface area contributed by atoms with Gasteiger partial charge in [0.1, 0.15) is 5.01 Å². The Bertz CT molecular complexity index is 763. The second-order valence-electron chi connectivity index (χ2n) is 5.57. The number of guanidine groups is 1. The molecule has 0 saturated heterocycles. The Morgan fingerprint density at radius 1 is 1.26 bits per heavy atom. The number of ether oxygens (including phenoxy) is 2. The number of nitrogens with one attached hydrogen (secondary N) is 2. The van der Waals surface area contributed by atoms with Gasteiger partial charge in [-0.25, -0.2) is 4.98 Å². The van der Waals surface area contributed by atoms with Crippen LogP contribution in [0.4, 0.5) is 0 Å². The fourth-order valence-electron chi connectivity index (χ4n) is 2.34. The average molecular weight is 525 g/mol. The third kappa shape index (κ3) is 6.69. The van der Waals surface area contributed by atoms with Crippen LogP contribution in [0.1, 0.15) is 28.1 Å². The number of aryl methyl sites for hydroxylation is 2. The highest BCUT2D eigenvalue weighted by Crippen LogP contribution is 2.36. The van der Waals surface area contributed by atoms with Gasteiger partial charge in [-0.1, -0.05) is 11.6 Å². The molecule has 9 heteroatoms. The summed E-state index contributed by atoms with van der Waals surface area (Å²) in [5.41, 5.74) is 2.05. The van der Waals surface area contributed by atoms with E-state index in [1.54, 1.807) is 25.5 Å². The van der Waals surface area contributed by atoms with Gasteiger partial charge in [0.05, 0.1) is 31.0 Å². The molecule has 2 aromatic rings. The van der Waals surface area contributed by atoms with E-state index in [2.05, 4.69) is 27.5 Å². The Hall–Kier alpha value is -1.26. The van der Waals surface area contributed by atoms with Crippen molar-refractivity contribution in [1.29, 1.82) is 0 Å². The monoisotopic (exact) mass is 524 g/mol. The molecule has 0 unspecified atom stereocenters. The van der Waals surface area contributed by atoms with Crippen molar-refractivity contribution in [3.05, 3.63) is 38.3 Å². The van der Waals surface area contributed by atoms with E-state index in [1.165, 1.54) is 4.88 Å². The zero-order chi connectivity index (χ0) is 19.1. The number of rotatable bonds is 7. The number of hydrogen-bond acceptors (Lipinski definition) is 5. The van der Waals surface area contributed by atoms with Crippen LogP contribution in [-0.4, -0.2) is 31.7 Å². The zero-order valence-electron chi connectivity index (χ0n) is 16.2. The van der Waals surface area contributed by atoms with Gasteiger partial charge in [-0.05, 0) is 38.5 Å². The van der Waals surface area contributed by atoms with Gasteiger partial charge in [0.25, 0.3) is 0 Å². The summed E-state index contributed by atoms with van der Waals surface area (Å²) in [6.07, 6.45) is 0. The first-order valence-electron chi connectivity index (χ1n) is 8.35. The molecule has 0 aliphatic carbocycles. The molecule has 2 rings (SSSR count). The minimum absolute atomic E-state index is 0. The smallest absolute Gasteiger partial charge is 0.191 e. The van der Waals surface area contributed by atoms with E-state index in [1.807, 2.05) is 26.0 Å². The van der Waals surface area contributed by atoms with E-state index >= 15 is 0 Å². The molecule has 150 valence electrons. The first-order chi connectivity index (χ1) is 12.5. The molecule has 0 bridgehead atoms. The van der Waals surface area contributed by atoms with E-state index in [9.17, 15) is 0 Å². The molecule has 0 spiro atoms. The molecule has 1 aromatic heterocycles. The molecule has 0 aliphatic heterocycles. The Morgan fingerprint density at radius 2 is 1.96 bits per heavy atom. The summed E-state index contributed by atoms with van der Waals surface area (Å²) in [5, 5.41) is 8.10. The van der Waals surface area contributed by atoms with Crippen molar-refractivity contribution in [3.63, 3.8) is 0 Å². The summed E-state index contributed by atoms with van der Waals surface area (Å²) >= 11 is 8.00. The molecular weight excluding hydrogens is 499 g/mol. The van der Waals surface area contributed by atoms with Crippen LogP contribution in [0.25, 0.3) is 0 Å². The number of aliphatic imine (C=N–C) groups is 1. The third-order valence-electron chi connectivity index (χ3n) is 3.74. The number of halogens is 2. The predicted octanol–water partition coefficient (Wildman–Crippen LogP) is 4.30. The van der Waals surface area contributed by atoms with E-state index in [0.717, 1.165) is 16.3 Å². The van der Waals surface area contributed by atoms with Crippen molar-refractivity contribution < 1.29 is 9.47 Å². The first kappa shape index (κ1) is 23.8. The molecular formula is C18H26ClIN4O2S. The lowest BCUT2D eigenvalue weighted by Gasteiger charge is -2.15. The number of benzene rings is 1. The van der Waals surface area contributed by atoms with E-state index in [-0.39, 0.29) is 24.0 Å². The maximum Gasteiger partial charge on any atom is 0.191 e. The van der Waals surface area contributed by atoms with Gasteiger partial charge in [0.2, 0.25) is 0 Å². The molecule has 2 N–H and O–H groups in total. The Labute approximate surface area is 186 Å². The Morgan fingerprint density at radius 3 is 2.52 bits per heavy atom. The van der Waals surface area contributed by atoms with Crippen molar-refractivity contribution in [3.8, 4) is 11.5 Å². The van der Waals surface area contributed by atoms with Crippen LogP contribution in [0.2, 0.25) is 5.02 Å². The fraction of sp³-hybridized carbons (Fsp3) is 0.444. The maximum absolute atomic E-state index is 6.31. The van der Waals surface area contributed by atoms with Gasteiger partial charge in [-0.15, -0.1) is 35.3 Å². The van der Waals surface area contributed by atoms with Crippen molar-refractivity contribution in [2.75, 3.05) is 20.8 Å². The van der Waals surface area contributed by atoms with Crippen LogP contribution in [0.5, 0.6) is 11.5 Å². The van der Waals surface area contributed by atoms with Gasteiger partial charge < -0.3 is 20.1 Å². The summed E-state index contributed by atoms with van der Waals surface area (Å²) in [6, 6.07) is 3.77. The lowest BCUT2D eigenvalue weighted by Crippen LogP contribution is -2.36. The number of nitrogens with zero attached hydrogens (tertiary/aromatic N) is 2. The number of methoxy groups -OCH3 is 1. The van der Waals surface area contributed by atoms with Crippen LogP contribution in [0.3, 0.4) is 0 Å². The SMILES string of the molecule is CCOc1c(Cl)cc(CNC(=NC)NCc2nc(C)c(C)s2)cc1OC.I. The van der Waals surface area contributed by atoms with Crippen molar-refractivity contribution in [2.45, 2.75) is 33.9 Å². The molecule has 27 heavy (non-hydrogen) atoms. The minimum Gasteiger partial charge on any atom is -0.493 e. The molecule has 6 nitrogen and oxygen atoms in total. The minimum atomic E-state index is 0. The van der Waals surface area contributed by atoms with Gasteiger partial charge in [-0.2, -0.15) is 0 Å². The van der Waals surface area contributed by atoms with E-state index in [0.29, 0.717) is 42.2 Å². The molecule has 0 radical (unpaired) electrons. The van der Waals surface area contributed by atoms with Crippen LogP contribution in [-0.2, 0) is 13.1 Å². The summed E-state index contributed by atoms with van der Waals surface area (Å²) in [6.45, 7) is 7.72. The lowest BCUT2D eigenvalue weighted by molar-refractivity contribution is 0.311. The number of aromatic nitrogens is 1. The predicted molar refractivity (Wildman–Crippen MR) is 123 cm³/mol. The summed E-state index contributed by atoms with van der Waals surface area (Å²) in [5.74, 6) is 1.88. The molecule has 1 heterocycles. The van der Waals surface area contributed by atoms with Gasteiger partial charge >= 0.3 is 0 Å². The normalized spacial score (nSPS) is 11.0. The standard InChI is InChI=1S/C18H25ClN4O2S.HI/c1-6-25-17-14(19)7-13(8-15(17)24-5)9-21-18(20-4)22-10-16-23-11(2)12(3)26-16;/h7-8H,6,9-10H2,1-5H3,(H2,20,21,22);1H. The Kier molecular flexibility index (Phi) is 10.2. The van der Waals surface area contributed by atoms with Gasteiger partial charge in [0, 0.05) is 18.5 Å². The number of hydrogen-bond donors (Lipinski definition) is 2. The second kappa shape index (κ2) is 11.6. The molecule has 0 saturated carbocycles. The van der Waals surface area contributed by atoms with Crippen molar-refractivity contribution in [1.82, 2.24) is 15.6 Å². The van der Waals surface area contributed by atoms with Crippen LogP contribution < -0.4 is 20.1 Å². The van der Waals surface area contributed by atoms with Crippen LogP contribution >= 0.6 is 46.9 Å². The summed E-state index contributed by atoms with van der Waals surface area (Å²) < 4.78 is 10.9. The molecule has 0 amide bonds. The Balaban J connectivity index is 0.00000364. The quantitative estimate of drug-likeness (QED) is 0.321. The topological polar surface area (TPSA) is 67.8 Å². The largest absolute Gasteiger partial charge is 0.493 e. The maximum atomic E-state index is 6.31. The highest BCUT2D eigenvalue weighted by Gasteiger charge is 2.12. The third-order valence-corrected chi connectivity index (χ3v) is 5.09. The molecule has 0 fully saturated rings. The van der Waals surface area contributed by atoms with Crippen molar-refractivity contribution in [2.24, 2.45) is 4.99 Å². The highest BCUT2D eigenvalue weighted by atomic mass is 127. The molecule has 0 atom stereocenters. The van der Waals surface area contributed by atoms with Gasteiger partial charge in [0.15, 0.2) is 17.5 Å². The lowest BCUT2D eigenvalue weighted by atomic mass is 10.2. The van der Waals surface area contributed by atoms with E-state index in [4.69, 9.17) is 21.1 Å². The van der Waals surface area contributed by atoms with Crippen LogP contribution in [0.15, 0.2) is 17.1 Å². The fourth-order valence-corrected chi connectivity index (χ4v) is 3.50. The number of thiazole rings is 1. The average Bonchev–Trinajstić information content (AvgIpc) is 2.95. The van der Waals surface area contributed by atoms with Gasteiger partial charge in [-0.3, -0.25) is 4.99 Å². The summed E-state index contributed by atoms with van der Waals surface area (Å²) in [4.78, 5) is 10.0. The van der Waals surface area contributed by atoms with E-state index < -0.39 is 0 Å². The highest BCUT2D eigenvalue weighted by molar-refractivity contribution is 14.0. The molecule has 1 aromatic carbocycles. The first-order valence-corrected chi connectivity index (χ1v) is 9.54. The van der Waals surface area contributed by atoms with Crippen LogP contribution in [0, 0.1) is 13.8 Å². The molecule has 0 aliphatic rings. The summed E-state index contributed by atoms with van der Waals surface area (Å²) in [7, 11) is 3.34. The van der Waals surface area contributed by atoms with Crippen molar-refractivity contribution >= 4 is 52.9 Å².